The van der Waals surface area contributed by atoms with E-state index in [1.807, 2.05) is 0 Å². The maximum absolute atomic E-state index is 8.99. The summed E-state index contributed by atoms with van der Waals surface area (Å²) in [6.07, 6.45) is 9.26. The van der Waals surface area contributed by atoms with Crippen LogP contribution in [0.4, 0.5) is 0 Å². The molecule has 1 heterocycles. The van der Waals surface area contributed by atoms with E-state index in [-0.39, 0.29) is 0 Å². The van der Waals surface area contributed by atoms with E-state index in [0.29, 0.717) is 12.5 Å². The normalized spacial score (nSPS) is 50.6. The Balaban J connectivity index is 1.56. The van der Waals surface area contributed by atoms with Gasteiger partial charge in [-0.1, -0.05) is 0 Å². The second-order valence-electron chi connectivity index (χ2n) is 7.04. The van der Waals surface area contributed by atoms with Gasteiger partial charge < -0.3 is 0 Å². The number of hydrogen-bond donors (Lipinski definition) is 1. The molecule has 1 N–H and O–H groups in total. The van der Waals surface area contributed by atoms with Gasteiger partial charge in [-0.3, -0.25) is 5.43 Å². The minimum absolute atomic E-state index is 0.484. The lowest BCUT2D eigenvalue weighted by Gasteiger charge is -2.57. The Morgan fingerprint density at radius 1 is 1.06 bits per heavy atom. The van der Waals surface area contributed by atoms with Crippen molar-refractivity contribution in [3.8, 4) is 6.07 Å². The third-order valence-electron chi connectivity index (χ3n) is 5.99. The second-order valence-corrected chi connectivity index (χ2v) is 7.04. The summed E-state index contributed by atoms with van der Waals surface area (Å²) >= 11 is 0. The largest absolute Gasteiger partial charge is 0.255 e. The predicted molar refractivity (Wildman–Crippen MR) is 69.3 cm³/mol. The number of rotatable bonds is 2. The average molecular weight is 245 g/mol. The van der Waals surface area contributed by atoms with Crippen LogP contribution in [0.3, 0.4) is 0 Å². The van der Waals surface area contributed by atoms with Gasteiger partial charge in [0.1, 0.15) is 0 Å². The van der Waals surface area contributed by atoms with Crippen molar-refractivity contribution >= 4 is 0 Å². The molecule has 0 spiro atoms. The third kappa shape index (κ3) is 1.62. The van der Waals surface area contributed by atoms with E-state index in [2.05, 4.69) is 16.5 Å². The van der Waals surface area contributed by atoms with Gasteiger partial charge in [0.2, 0.25) is 0 Å². The van der Waals surface area contributed by atoms with Crippen LogP contribution in [0.25, 0.3) is 0 Å². The molecule has 5 aliphatic rings. The van der Waals surface area contributed by atoms with Crippen LogP contribution in [0, 0.1) is 35.0 Å². The van der Waals surface area contributed by atoms with Crippen LogP contribution >= 0.6 is 0 Å². The molecule has 0 amide bonds. The van der Waals surface area contributed by atoms with Crippen molar-refractivity contribution in [3.63, 3.8) is 0 Å². The molecule has 0 aromatic carbocycles. The molecule has 5 rings (SSSR count). The highest BCUT2D eigenvalue weighted by Crippen LogP contribution is 2.55. The molecule has 3 nitrogen and oxygen atoms in total. The smallest absolute Gasteiger partial charge is 0.0638 e. The van der Waals surface area contributed by atoms with Gasteiger partial charge in [-0.05, 0) is 62.2 Å². The maximum atomic E-state index is 8.99. The van der Waals surface area contributed by atoms with Crippen LogP contribution in [0.5, 0.6) is 0 Å². The summed E-state index contributed by atoms with van der Waals surface area (Å²) in [5.41, 5.74) is 3.60. The van der Waals surface area contributed by atoms with Crippen LogP contribution in [0.15, 0.2) is 0 Å². The van der Waals surface area contributed by atoms with E-state index < -0.39 is 0 Å². The van der Waals surface area contributed by atoms with Crippen LogP contribution in [-0.4, -0.2) is 23.6 Å². The van der Waals surface area contributed by atoms with Crippen molar-refractivity contribution in [2.75, 3.05) is 6.54 Å². The lowest BCUT2D eigenvalue weighted by molar-refractivity contribution is -0.0844. The summed E-state index contributed by atoms with van der Waals surface area (Å²) in [7, 11) is 0. The summed E-state index contributed by atoms with van der Waals surface area (Å²) in [5.74, 6) is 3.93. The zero-order valence-corrected chi connectivity index (χ0v) is 11.0. The predicted octanol–water partition coefficient (Wildman–Crippen LogP) is 2.30. The Morgan fingerprint density at radius 2 is 1.72 bits per heavy atom. The third-order valence-corrected chi connectivity index (χ3v) is 5.99. The molecule has 4 aliphatic carbocycles. The topological polar surface area (TPSA) is 39.1 Å². The lowest BCUT2D eigenvalue weighted by atomic mass is 9.54. The fraction of sp³-hybridized carbons (Fsp3) is 0.933. The SMILES string of the molecule is N#CCC1CCNN1C1C2CC3CC(C2)CC1C3. The summed E-state index contributed by atoms with van der Waals surface area (Å²) < 4.78 is 0. The monoisotopic (exact) mass is 245 g/mol. The molecule has 1 atom stereocenters. The Labute approximate surface area is 109 Å². The van der Waals surface area contributed by atoms with Gasteiger partial charge >= 0.3 is 0 Å². The lowest BCUT2D eigenvalue weighted by Crippen LogP contribution is -2.59. The van der Waals surface area contributed by atoms with E-state index >= 15 is 0 Å². The number of nitrogens with zero attached hydrogens (tertiary/aromatic N) is 2. The summed E-state index contributed by atoms with van der Waals surface area (Å²) in [6, 6.07) is 3.61. The first-order valence-corrected chi connectivity index (χ1v) is 7.74. The molecule has 4 bridgehead atoms. The van der Waals surface area contributed by atoms with Crippen molar-refractivity contribution in [2.24, 2.45) is 23.7 Å². The fourth-order valence-corrected chi connectivity index (χ4v) is 5.63. The second kappa shape index (κ2) is 4.21. The molecule has 4 saturated carbocycles. The van der Waals surface area contributed by atoms with Crippen LogP contribution in [-0.2, 0) is 0 Å². The first-order valence-electron chi connectivity index (χ1n) is 7.74. The highest BCUT2D eigenvalue weighted by molar-refractivity contribution is 5.04. The summed E-state index contributed by atoms with van der Waals surface area (Å²) in [4.78, 5) is 0. The molecule has 3 heteroatoms. The Bertz CT molecular complexity index is 344. The van der Waals surface area contributed by atoms with Gasteiger partial charge in [0.05, 0.1) is 12.5 Å². The quantitative estimate of drug-likeness (QED) is 0.811. The molecule has 0 radical (unpaired) electrons. The Morgan fingerprint density at radius 3 is 2.33 bits per heavy atom. The minimum atomic E-state index is 0.484. The summed E-state index contributed by atoms with van der Waals surface area (Å²) in [5, 5.41) is 11.5. The van der Waals surface area contributed by atoms with Crippen molar-refractivity contribution < 1.29 is 0 Å². The van der Waals surface area contributed by atoms with Gasteiger partial charge in [-0.15, -0.1) is 0 Å². The molecule has 98 valence electrons. The number of nitriles is 1. The average Bonchev–Trinajstić information content (AvgIpc) is 2.76. The summed E-state index contributed by atoms with van der Waals surface area (Å²) in [6.45, 7) is 1.08. The molecular weight excluding hydrogens is 222 g/mol. The van der Waals surface area contributed by atoms with Crippen LogP contribution in [0.1, 0.15) is 44.9 Å². The van der Waals surface area contributed by atoms with Crippen LogP contribution < -0.4 is 5.43 Å². The van der Waals surface area contributed by atoms with Crippen LogP contribution in [0.2, 0.25) is 0 Å². The van der Waals surface area contributed by atoms with Crippen molar-refractivity contribution in [1.82, 2.24) is 10.4 Å². The number of hydrogen-bond acceptors (Lipinski definition) is 3. The molecule has 1 saturated heterocycles. The van der Waals surface area contributed by atoms with E-state index in [1.54, 1.807) is 0 Å². The highest BCUT2D eigenvalue weighted by Gasteiger charge is 2.51. The van der Waals surface area contributed by atoms with Crippen molar-refractivity contribution in [1.29, 1.82) is 5.26 Å². The molecule has 0 aromatic rings. The van der Waals surface area contributed by atoms with E-state index in [9.17, 15) is 0 Å². The zero-order chi connectivity index (χ0) is 12.1. The van der Waals surface area contributed by atoms with E-state index in [1.165, 1.54) is 32.1 Å². The molecule has 0 aromatic heterocycles. The van der Waals surface area contributed by atoms with E-state index in [4.69, 9.17) is 5.26 Å². The maximum Gasteiger partial charge on any atom is 0.0638 e. The number of nitrogens with one attached hydrogen (secondary N) is 1. The fourth-order valence-electron chi connectivity index (χ4n) is 5.63. The molecule has 5 fully saturated rings. The minimum Gasteiger partial charge on any atom is -0.255 e. The molecular formula is C15H23N3. The van der Waals surface area contributed by atoms with Gasteiger partial charge in [-0.2, -0.15) is 5.26 Å². The van der Waals surface area contributed by atoms with E-state index in [0.717, 1.165) is 42.7 Å². The zero-order valence-electron chi connectivity index (χ0n) is 11.0. The van der Waals surface area contributed by atoms with Gasteiger partial charge in [-0.25, -0.2) is 5.01 Å². The van der Waals surface area contributed by atoms with Gasteiger partial charge in [0, 0.05) is 18.6 Å². The first kappa shape index (κ1) is 11.3. The molecule has 1 unspecified atom stereocenters. The number of hydrazine groups is 1. The molecule has 1 aliphatic heterocycles. The van der Waals surface area contributed by atoms with Crippen molar-refractivity contribution in [3.05, 3.63) is 0 Å². The first-order chi connectivity index (χ1) is 8.85. The Hall–Kier alpha value is -0.590. The van der Waals surface area contributed by atoms with Gasteiger partial charge in [0.25, 0.3) is 0 Å². The molecule has 18 heavy (non-hydrogen) atoms. The highest BCUT2D eigenvalue weighted by atomic mass is 15.6. The van der Waals surface area contributed by atoms with Gasteiger partial charge in [0.15, 0.2) is 0 Å². The Kier molecular flexibility index (Phi) is 2.63. The standard InChI is InChI=1S/C15H23N3/c16-3-1-14-2-4-17-18(14)15-12-6-10-5-11(8-12)9-13(15)7-10/h10-15,17H,1-2,4-9H2. The van der Waals surface area contributed by atoms with Crippen molar-refractivity contribution in [2.45, 2.75) is 57.0 Å².